The first-order valence-corrected chi connectivity index (χ1v) is 3.28. The molecular weight excluding hydrogens is 122 g/mol. The van der Waals surface area contributed by atoms with Crippen molar-refractivity contribution < 1.29 is 0 Å². The van der Waals surface area contributed by atoms with Gasteiger partial charge in [-0.25, -0.2) is 0 Å². The Kier molecular flexibility index (Phi) is 1.86. The summed E-state index contributed by atoms with van der Waals surface area (Å²) in [6, 6.07) is 4.01. The highest BCUT2D eigenvalue weighted by molar-refractivity contribution is 5.57. The highest BCUT2D eigenvalue weighted by Gasteiger charge is 1.92. The summed E-state index contributed by atoms with van der Waals surface area (Å²) in [5.41, 5.74) is 3.23. The smallest absolute Gasteiger partial charge is 0.0655 e. The highest BCUT2D eigenvalue weighted by Crippen LogP contribution is 2.08. The van der Waals surface area contributed by atoms with Crippen molar-refractivity contribution in [1.29, 1.82) is 0 Å². The number of allylic oxidation sites excluding steroid dienone is 1. The summed E-state index contributed by atoms with van der Waals surface area (Å²) < 4.78 is 0. The fourth-order valence-corrected chi connectivity index (χ4v) is 0.770. The molecule has 1 aromatic rings. The van der Waals surface area contributed by atoms with Gasteiger partial charge in [0.2, 0.25) is 0 Å². The minimum atomic E-state index is 0.986. The lowest BCUT2D eigenvalue weighted by molar-refractivity contribution is 1.24. The molecule has 0 saturated heterocycles. The zero-order valence-electron chi connectivity index (χ0n) is 6.39. The molecule has 0 amide bonds. The van der Waals surface area contributed by atoms with Crippen LogP contribution >= 0.6 is 0 Å². The van der Waals surface area contributed by atoms with Gasteiger partial charge in [-0.05, 0) is 37.1 Å². The van der Waals surface area contributed by atoms with E-state index in [1.54, 1.807) is 6.20 Å². The van der Waals surface area contributed by atoms with Crippen LogP contribution in [0.15, 0.2) is 24.9 Å². The molecule has 0 fully saturated rings. The Morgan fingerprint density at radius 1 is 1.60 bits per heavy atom. The maximum Gasteiger partial charge on any atom is 0.0655 e. The molecule has 1 heteroatoms. The van der Waals surface area contributed by atoms with Crippen molar-refractivity contribution in [3.63, 3.8) is 0 Å². The number of hydrogen-bond acceptors (Lipinski definition) is 1. The molecule has 0 radical (unpaired) electrons. The zero-order valence-corrected chi connectivity index (χ0v) is 6.39. The van der Waals surface area contributed by atoms with Crippen molar-refractivity contribution in [3.05, 3.63) is 36.2 Å². The van der Waals surface area contributed by atoms with Gasteiger partial charge in [-0.3, -0.25) is 4.98 Å². The predicted molar refractivity (Wildman–Crippen MR) is 43.7 cm³/mol. The van der Waals surface area contributed by atoms with E-state index in [1.165, 1.54) is 5.56 Å². The summed E-state index contributed by atoms with van der Waals surface area (Å²) in [6.07, 6.45) is 1.80. The van der Waals surface area contributed by atoms with Crippen LogP contribution in [0.5, 0.6) is 0 Å². The Morgan fingerprint density at radius 3 is 2.70 bits per heavy atom. The zero-order chi connectivity index (χ0) is 7.56. The quantitative estimate of drug-likeness (QED) is 0.573. The van der Waals surface area contributed by atoms with Crippen LogP contribution in [0.4, 0.5) is 0 Å². The van der Waals surface area contributed by atoms with Crippen LogP contribution in [0, 0.1) is 6.92 Å². The number of rotatable bonds is 1. The van der Waals surface area contributed by atoms with Gasteiger partial charge in [0.1, 0.15) is 0 Å². The Labute approximate surface area is 61.4 Å². The van der Waals surface area contributed by atoms with E-state index in [-0.39, 0.29) is 0 Å². The van der Waals surface area contributed by atoms with Gasteiger partial charge in [0.15, 0.2) is 0 Å². The van der Waals surface area contributed by atoms with E-state index in [0.717, 1.165) is 11.3 Å². The SMILES string of the molecule is C=C(C)c1cc(C)ccn1. The third-order valence-electron chi connectivity index (χ3n) is 1.35. The van der Waals surface area contributed by atoms with Crippen molar-refractivity contribution in [2.75, 3.05) is 0 Å². The van der Waals surface area contributed by atoms with E-state index < -0.39 is 0 Å². The fourth-order valence-electron chi connectivity index (χ4n) is 0.770. The van der Waals surface area contributed by atoms with Crippen LogP contribution in [0.25, 0.3) is 5.57 Å². The first-order valence-electron chi connectivity index (χ1n) is 3.28. The summed E-state index contributed by atoms with van der Waals surface area (Å²) >= 11 is 0. The second-order valence-corrected chi connectivity index (χ2v) is 2.50. The number of aryl methyl sites for hydroxylation is 1. The second kappa shape index (κ2) is 2.65. The van der Waals surface area contributed by atoms with Gasteiger partial charge in [0, 0.05) is 6.20 Å². The van der Waals surface area contributed by atoms with Gasteiger partial charge in [-0.1, -0.05) is 6.58 Å². The molecule has 0 N–H and O–H groups in total. The second-order valence-electron chi connectivity index (χ2n) is 2.50. The van der Waals surface area contributed by atoms with Gasteiger partial charge in [-0.2, -0.15) is 0 Å². The van der Waals surface area contributed by atoms with Gasteiger partial charge in [0.05, 0.1) is 5.69 Å². The standard InChI is InChI=1S/C9H11N/c1-7(2)9-6-8(3)4-5-10-9/h4-6H,1H2,2-3H3. The lowest BCUT2D eigenvalue weighted by Crippen LogP contribution is -1.84. The van der Waals surface area contributed by atoms with E-state index in [0.29, 0.717) is 0 Å². The van der Waals surface area contributed by atoms with Crippen molar-refractivity contribution in [3.8, 4) is 0 Å². The molecule has 1 rings (SSSR count). The molecule has 52 valence electrons. The van der Waals surface area contributed by atoms with E-state index in [4.69, 9.17) is 0 Å². The Bertz CT molecular complexity index is 251. The van der Waals surface area contributed by atoms with Crippen LogP contribution in [0.3, 0.4) is 0 Å². The number of pyridine rings is 1. The number of nitrogens with zero attached hydrogens (tertiary/aromatic N) is 1. The molecule has 0 aliphatic carbocycles. The average Bonchev–Trinajstić information content (AvgIpc) is 1.88. The van der Waals surface area contributed by atoms with Crippen LogP contribution in [-0.4, -0.2) is 4.98 Å². The van der Waals surface area contributed by atoms with Gasteiger partial charge in [0.25, 0.3) is 0 Å². The third kappa shape index (κ3) is 1.44. The minimum Gasteiger partial charge on any atom is -0.257 e. The summed E-state index contributed by atoms with van der Waals surface area (Å²) in [5, 5.41) is 0. The normalized spacial score (nSPS) is 9.40. The fraction of sp³-hybridized carbons (Fsp3) is 0.222. The minimum absolute atomic E-state index is 0.986. The monoisotopic (exact) mass is 133 g/mol. The summed E-state index contributed by atoms with van der Waals surface area (Å²) in [7, 11) is 0. The Morgan fingerprint density at radius 2 is 2.30 bits per heavy atom. The predicted octanol–water partition coefficient (Wildman–Crippen LogP) is 2.42. The molecule has 0 aliphatic rings. The molecule has 10 heavy (non-hydrogen) atoms. The van der Waals surface area contributed by atoms with Crippen LogP contribution in [0.2, 0.25) is 0 Å². The van der Waals surface area contributed by atoms with E-state index in [2.05, 4.69) is 11.6 Å². The molecule has 0 aromatic carbocycles. The Hall–Kier alpha value is -1.11. The lowest BCUT2D eigenvalue weighted by atomic mass is 10.2. The van der Waals surface area contributed by atoms with Crippen molar-refractivity contribution >= 4 is 5.57 Å². The van der Waals surface area contributed by atoms with E-state index in [9.17, 15) is 0 Å². The number of hydrogen-bond donors (Lipinski definition) is 0. The molecule has 1 aromatic heterocycles. The van der Waals surface area contributed by atoms with Crippen molar-refractivity contribution in [1.82, 2.24) is 4.98 Å². The highest BCUT2D eigenvalue weighted by atomic mass is 14.7. The average molecular weight is 133 g/mol. The molecule has 1 heterocycles. The third-order valence-corrected chi connectivity index (χ3v) is 1.35. The first kappa shape index (κ1) is 7.00. The van der Waals surface area contributed by atoms with Gasteiger partial charge < -0.3 is 0 Å². The summed E-state index contributed by atoms with van der Waals surface area (Å²) in [6.45, 7) is 7.81. The molecule has 0 aliphatic heterocycles. The van der Waals surface area contributed by atoms with E-state index in [1.807, 2.05) is 26.0 Å². The number of aromatic nitrogens is 1. The molecule has 1 nitrogen and oxygen atoms in total. The summed E-state index contributed by atoms with van der Waals surface area (Å²) in [5.74, 6) is 0. The molecule has 0 atom stereocenters. The van der Waals surface area contributed by atoms with Gasteiger partial charge >= 0.3 is 0 Å². The first-order chi connectivity index (χ1) is 4.70. The molecule has 0 saturated carbocycles. The maximum absolute atomic E-state index is 4.14. The van der Waals surface area contributed by atoms with Gasteiger partial charge in [-0.15, -0.1) is 0 Å². The van der Waals surface area contributed by atoms with Crippen LogP contribution in [0.1, 0.15) is 18.2 Å². The topological polar surface area (TPSA) is 12.9 Å². The molecule has 0 unspecified atom stereocenters. The van der Waals surface area contributed by atoms with Crippen molar-refractivity contribution in [2.24, 2.45) is 0 Å². The summed E-state index contributed by atoms with van der Waals surface area (Å²) in [4.78, 5) is 4.14. The molecular formula is C9H11N. The lowest BCUT2D eigenvalue weighted by Gasteiger charge is -1.97. The molecule has 0 bridgehead atoms. The van der Waals surface area contributed by atoms with Crippen LogP contribution in [-0.2, 0) is 0 Å². The van der Waals surface area contributed by atoms with Crippen LogP contribution < -0.4 is 0 Å². The largest absolute Gasteiger partial charge is 0.257 e. The Balaban J connectivity index is 3.07. The maximum atomic E-state index is 4.14. The van der Waals surface area contributed by atoms with E-state index >= 15 is 0 Å². The molecule has 0 spiro atoms. The van der Waals surface area contributed by atoms with Crippen molar-refractivity contribution in [2.45, 2.75) is 13.8 Å².